The van der Waals surface area contributed by atoms with Crippen LogP contribution >= 0.6 is 11.6 Å². The van der Waals surface area contributed by atoms with Crippen molar-refractivity contribution in [2.45, 2.75) is 18.6 Å². The maximum atomic E-state index is 12.8. The number of methoxy groups -OCH3 is 2. The van der Waals surface area contributed by atoms with Crippen molar-refractivity contribution in [2.75, 3.05) is 58.2 Å². The van der Waals surface area contributed by atoms with Gasteiger partial charge in [-0.15, -0.1) is 0 Å². The molecule has 1 aliphatic heterocycles. The fourth-order valence-electron chi connectivity index (χ4n) is 3.11. The molecule has 2 atom stereocenters. The molecule has 0 spiro atoms. The van der Waals surface area contributed by atoms with E-state index in [1.165, 1.54) is 20.3 Å². The van der Waals surface area contributed by atoms with Crippen LogP contribution in [0.2, 0.25) is 5.02 Å². The molecule has 1 aromatic rings. The monoisotopic (exact) mass is 478 g/mol. The van der Waals surface area contributed by atoms with Gasteiger partial charge in [0.2, 0.25) is 5.88 Å². The fraction of sp³-hybridized carbons (Fsp3) is 0.611. The lowest BCUT2D eigenvalue weighted by molar-refractivity contribution is -0.145. The van der Waals surface area contributed by atoms with E-state index in [1.54, 1.807) is 0 Å². The minimum Gasteiger partial charge on any atom is -0.480 e. The summed E-state index contributed by atoms with van der Waals surface area (Å²) in [4.78, 5) is 30.5. The van der Waals surface area contributed by atoms with Gasteiger partial charge < -0.3 is 25.3 Å². The Morgan fingerprint density at radius 2 is 2.10 bits per heavy atom. The van der Waals surface area contributed by atoms with Crippen LogP contribution in [0.15, 0.2) is 6.07 Å². The molecule has 2 heterocycles. The highest BCUT2D eigenvalue weighted by molar-refractivity contribution is 7.90. The van der Waals surface area contributed by atoms with Crippen LogP contribution in [0.5, 0.6) is 5.88 Å². The van der Waals surface area contributed by atoms with Crippen LogP contribution in [0.1, 0.15) is 16.8 Å². The van der Waals surface area contributed by atoms with E-state index < -0.39 is 21.7 Å². The number of amides is 1. The Balaban J connectivity index is 1.94. The summed E-state index contributed by atoms with van der Waals surface area (Å²) in [6.07, 6.45) is 1.21. The number of nitrogens with zero attached hydrogens (tertiary/aromatic N) is 2. The molecular formula is C18H27ClN4O7S. The number of nitrogens with two attached hydrogens (primary N) is 1. The number of pyridine rings is 1. The number of aromatic nitrogens is 1. The van der Waals surface area contributed by atoms with Crippen LogP contribution in [-0.4, -0.2) is 94.8 Å². The molecule has 3 N–H and O–H groups in total. The van der Waals surface area contributed by atoms with Crippen LogP contribution in [0, 0.1) is 0 Å². The van der Waals surface area contributed by atoms with E-state index in [0.29, 0.717) is 19.5 Å². The van der Waals surface area contributed by atoms with Crippen LogP contribution in [-0.2, 0) is 24.1 Å². The summed E-state index contributed by atoms with van der Waals surface area (Å²) in [5.74, 6) is -1.06. The lowest BCUT2D eigenvalue weighted by atomic mass is 10.0. The van der Waals surface area contributed by atoms with Gasteiger partial charge in [-0.2, -0.15) is 4.98 Å². The minimum atomic E-state index is -3.20. The molecule has 0 aromatic carbocycles. The third kappa shape index (κ3) is 7.49. The molecule has 11 nitrogen and oxygen atoms in total. The van der Waals surface area contributed by atoms with E-state index in [-0.39, 0.29) is 53.3 Å². The van der Waals surface area contributed by atoms with Gasteiger partial charge in [-0.1, -0.05) is 11.6 Å². The zero-order valence-corrected chi connectivity index (χ0v) is 19.2. The number of rotatable bonds is 9. The van der Waals surface area contributed by atoms with Crippen LogP contribution in [0.3, 0.4) is 0 Å². The average Bonchev–Trinajstić information content (AvgIpc) is 2.69. The van der Waals surface area contributed by atoms with Crippen molar-refractivity contribution in [2.24, 2.45) is 0 Å². The molecular weight excluding hydrogens is 452 g/mol. The number of nitrogens with one attached hydrogen (secondary N) is 1. The second-order valence-corrected chi connectivity index (χ2v) is 9.81. The van der Waals surface area contributed by atoms with Crippen LogP contribution < -0.4 is 15.8 Å². The summed E-state index contributed by atoms with van der Waals surface area (Å²) in [6, 6.07) is 1.07. The number of hydrogen-bond donors (Lipinski definition) is 2. The molecule has 0 bridgehead atoms. The Kier molecular flexibility index (Phi) is 8.86. The molecule has 1 aliphatic rings. The van der Waals surface area contributed by atoms with E-state index in [1.807, 2.05) is 4.90 Å². The zero-order valence-electron chi connectivity index (χ0n) is 17.6. The SMILES string of the molecule is COc1nc(N)c(Cl)cc1C(=O)NC1CCN(CC(=O)OCCS(C)(=O)=O)CC1OC. The summed E-state index contributed by atoms with van der Waals surface area (Å²) in [5, 5.41) is 3.03. The van der Waals surface area contributed by atoms with E-state index >= 15 is 0 Å². The maximum Gasteiger partial charge on any atom is 0.320 e. The lowest BCUT2D eigenvalue weighted by Crippen LogP contribution is -2.55. The van der Waals surface area contributed by atoms with E-state index in [4.69, 9.17) is 31.5 Å². The van der Waals surface area contributed by atoms with Crippen molar-refractivity contribution in [1.82, 2.24) is 15.2 Å². The van der Waals surface area contributed by atoms with Gasteiger partial charge in [0.25, 0.3) is 5.91 Å². The molecule has 1 amide bonds. The van der Waals surface area contributed by atoms with Crippen LogP contribution in [0.25, 0.3) is 0 Å². The maximum absolute atomic E-state index is 12.8. The molecule has 31 heavy (non-hydrogen) atoms. The number of halogens is 1. The Morgan fingerprint density at radius 1 is 1.39 bits per heavy atom. The second-order valence-electron chi connectivity index (χ2n) is 7.14. The first-order chi connectivity index (χ1) is 14.5. The number of sulfone groups is 1. The molecule has 1 aromatic heterocycles. The summed E-state index contributed by atoms with van der Waals surface area (Å²) in [7, 11) is -0.310. The van der Waals surface area contributed by atoms with Gasteiger partial charge in [0, 0.05) is 26.5 Å². The molecule has 0 aliphatic carbocycles. The number of piperidine rings is 1. The van der Waals surface area contributed by atoms with E-state index in [9.17, 15) is 18.0 Å². The number of esters is 1. The van der Waals surface area contributed by atoms with Crippen LogP contribution in [0.4, 0.5) is 5.82 Å². The number of ether oxygens (including phenoxy) is 3. The summed E-state index contributed by atoms with van der Waals surface area (Å²) >= 11 is 5.98. The number of nitrogen functional groups attached to an aromatic ring is 1. The molecule has 13 heteroatoms. The largest absolute Gasteiger partial charge is 0.480 e. The summed E-state index contributed by atoms with van der Waals surface area (Å²) in [5.41, 5.74) is 5.80. The Hall–Kier alpha value is -2.15. The highest BCUT2D eigenvalue weighted by atomic mass is 35.5. The third-order valence-electron chi connectivity index (χ3n) is 4.74. The lowest BCUT2D eigenvalue weighted by Gasteiger charge is -2.37. The number of carbonyl (C=O) groups excluding carboxylic acids is 2. The molecule has 2 rings (SSSR count). The molecule has 1 fully saturated rings. The first-order valence-electron chi connectivity index (χ1n) is 9.43. The van der Waals surface area contributed by atoms with Gasteiger partial charge in [0.05, 0.1) is 36.6 Å². The first-order valence-corrected chi connectivity index (χ1v) is 11.9. The van der Waals surface area contributed by atoms with Gasteiger partial charge in [-0.25, -0.2) is 8.42 Å². The van der Waals surface area contributed by atoms with Crippen molar-refractivity contribution < 1.29 is 32.2 Å². The zero-order chi connectivity index (χ0) is 23.2. The van der Waals surface area contributed by atoms with E-state index in [2.05, 4.69) is 10.3 Å². The first kappa shape index (κ1) is 25.1. The Bertz CT molecular complexity index is 912. The molecule has 0 saturated carbocycles. The highest BCUT2D eigenvalue weighted by Crippen LogP contribution is 2.25. The Morgan fingerprint density at radius 3 is 2.71 bits per heavy atom. The second kappa shape index (κ2) is 10.9. The topological polar surface area (TPSA) is 150 Å². The normalized spacial score (nSPS) is 19.6. The number of carbonyl (C=O) groups is 2. The predicted molar refractivity (Wildman–Crippen MR) is 114 cm³/mol. The molecule has 1 saturated heterocycles. The van der Waals surface area contributed by atoms with Gasteiger partial charge in [0.15, 0.2) is 9.84 Å². The van der Waals surface area contributed by atoms with Crippen molar-refractivity contribution in [3.05, 3.63) is 16.7 Å². The van der Waals surface area contributed by atoms with Gasteiger partial charge >= 0.3 is 5.97 Å². The fourth-order valence-corrected chi connectivity index (χ4v) is 3.65. The third-order valence-corrected chi connectivity index (χ3v) is 5.95. The summed E-state index contributed by atoms with van der Waals surface area (Å²) < 4.78 is 37.8. The standard InChI is InChI=1S/C18H27ClN4O7S/c1-28-14-9-23(10-15(24)30-6-7-31(3,26)27)5-4-13(14)21-17(25)11-8-12(19)16(20)22-18(11)29-2/h8,13-14H,4-7,9-10H2,1-3H3,(H2,20,22)(H,21,25). The van der Waals surface area contributed by atoms with Crippen molar-refractivity contribution in [3.8, 4) is 5.88 Å². The average molecular weight is 479 g/mol. The van der Waals surface area contributed by atoms with Gasteiger partial charge in [-0.05, 0) is 12.5 Å². The van der Waals surface area contributed by atoms with Crippen molar-refractivity contribution in [1.29, 1.82) is 0 Å². The predicted octanol–water partition coefficient (Wildman–Crippen LogP) is -0.267. The van der Waals surface area contributed by atoms with Crippen molar-refractivity contribution in [3.63, 3.8) is 0 Å². The number of hydrogen-bond acceptors (Lipinski definition) is 10. The molecule has 174 valence electrons. The quantitative estimate of drug-likeness (QED) is 0.454. The molecule has 0 radical (unpaired) electrons. The Labute approximate surface area is 186 Å². The summed E-state index contributed by atoms with van der Waals surface area (Å²) in [6.45, 7) is 0.692. The number of likely N-dealkylation sites (tertiary alicyclic amines) is 1. The highest BCUT2D eigenvalue weighted by Gasteiger charge is 2.32. The van der Waals surface area contributed by atoms with E-state index in [0.717, 1.165) is 6.26 Å². The van der Waals surface area contributed by atoms with Crippen molar-refractivity contribution >= 4 is 39.1 Å². The minimum absolute atomic E-state index is 0.00436. The smallest absolute Gasteiger partial charge is 0.320 e. The number of anilines is 1. The van der Waals surface area contributed by atoms with Gasteiger partial charge in [0.1, 0.15) is 18.0 Å². The van der Waals surface area contributed by atoms with Gasteiger partial charge in [-0.3, -0.25) is 14.5 Å². The molecule has 2 unspecified atom stereocenters.